The van der Waals surface area contributed by atoms with Gasteiger partial charge in [0.1, 0.15) is 5.75 Å². The zero-order chi connectivity index (χ0) is 10.1. The summed E-state index contributed by atoms with van der Waals surface area (Å²) < 4.78 is 0. The summed E-state index contributed by atoms with van der Waals surface area (Å²) in [6.07, 6.45) is 1.70. The third-order valence-corrected chi connectivity index (χ3v) is 2.14. The first-order chi connectivity index (χ1) is 6.68. The van der Waals surface area contributed by atoms with E-state index in [9.17, 15) is 5.11 Å². The van der Waals surface area contributed by atoms with Gasteiger partial charge in [-0.05, 0) is 24.1 Å². The van der Waals surface area contributed by atoms with Crippen molar-refractivity contribution >= 4 is 11.0 Å². The fourth-order valence-electron chi connectivity index (χ4n) is 1.43. The molecule has 0 amide bonds. The van der Waals surface area contributed by atoms with Crippen LogP contribution < -0.4 is 0 Å². The summed E-state index contributed by atoms with van der Waals surface area (Å²) in [7, 11) is 0. The molecule has 0 aliphatic rings. The number of fused-ring (bicyclic) bond motifs is 1. The molecule has 0 fully saturated rings. The molecular weight excluding hydrogens is 176 g/mol. The average molecular weight is 188 g/mol. The molecule has 14 heavy (non-hydrogen) atoms. The lowest BCUT2D eigenvalue weighted by Crippen LogP contribution is -1.95. The molecule has 1 N–H and O–H groups in total. The van der Waals surface area contributed by atoms with Crippen LogP contribution in [0.1, 0.15) is 25.5 Å². The number of pyridine rings is 2. The van der Waals surface area contributed by atoms with Crippen molar-refractivity contribution in [2.45, 2.75) is 19.8 Å². The molecule has 0 atom stereocenters. The van der Waals surface area contributed by atoms with Crippen LogP contribution in [0, 0.1) is 0 Å². The van der Waals surface area contributed by atoms with E-state index in [0.29, 0.717) is 11.3 Å². The molecule has 0 unspecified atom stereocenters. The highest BCUT2D eigenvalue weighted by Crippen LogP contribution is 2.26. The van der Waals surface area contributed by atoms with Gasteiger partial charge in [0.2, 0.25) is 0 Å². The topological polar surface area (TPSA) is 46.0 Å². The number of aromatic hydroxyl groups is 1. The van der Waals surface area contributed by atoms with Gasteiger partial charge in [0, 0.05) is 11.6 Å². The van der Waals surface area contributed by atoms with Crippen molar-refractivity contribution in [1.82, 2.24) is 9.97 Å². The molecule has 2 heterocycles. The first-order valence-corrected chi connectivity index (χ1v) is 4.63. The Morgan fingerprint density at radius 1 is 1.36 bits per heavy atom. The Hall–Kier alpha value is -1.64. The molecule has 0 saturated heterocycles. The average Bonchev–Trinajstić information content (AvgIpc) is 2.16. The van der Waals surface area contributed by atoms with Crippen molar-refractivity contribution in [1.29, 1.82) is 0 Å². The third kappa shape index (κ3) is 1.41. The number of aromatic nitrogens is 2. The van der Waals surface area contributed by atoms with Crippen LogP contribution in [0.5, 0.6) is 5.75 Å². The van der Waals surface area contributed by atoms with E-state index in [1.807, 2.05) is 26.0 Å². The summed E-state index contributed by atoms with van der Waals surface area (Å²) in [5.41, 5.74) is 1.39. The highest BCUT2D eigenvalue weighted by atomic mass is 16.3. The predicted molar refractivity (Wildman–Crippen MR) is 55.3 cm³/mol. The second-order valence-corrected chi connectivity index (χ2v) is 3.60. The molecule has 3 nitrogen and oxygen atoms in total. The van der Waals surface area contributed by atoms with Crippen LogP contribution in [0.4, 0.5) is 0 Å². The Morgan fingerprint density at radius 2 is 2.14 bits per heavy atom. The fourth-order valence-corrected chi connectivity index (χ4v) is 1.43. The second-order valence-electron chi connectivity index (χ2n) is 3.60. The Labute approximate surface area is 82.4 Å². The molecule has 0 radical (unpaired) electrons. The zero-order valence-corrected chi connectivity index (χ0v) is 8.23. The second kappa shape index (κ2) is 3.25. The molecule has 2 aromatic rings. The molecule has 0 saturated carbocycles. The summed E-state index contributed by atoms with van der Waals surface area (Å²) in [4.78, 5) is 8.46. The van der Waals surface area contributed by atoms with Crippen molar-refractivity contribution in [3.63, 3.8) is 0 Å². The van der Waals surface area contributed by atoms with Crippen LogP contribution in [0.25, 0.3) is 11.0 Å². The lowest BCUT2D eigenvalue weighted by atomic mass is 10.1. The van der Waals surface area contributed by atoms with Crippen LogP contribution in [-0.2, 0) is 0 Å². The molecule has 2 rings (SSSR count). The number of rotatable bonds is 1. The summed E-state index contributed by atoms with van der Waals surface area (Å²) in [5.74, 6) is 0.460. The third-order valence-electron chi connectivity index (χ3n) is 2.14. The van der Waals surface area contributed by atoms with Crippen LogP contribution in [0.2, 0.25) is 0 Å². The van der Waals surface area contributed by atoms with Crippen molar-refractivity contribution in [2.75, 3.05) is 0 Å². The van der Waals surface area contributed by atoms with E-state index in [0.717, 1.165) is 5.39 Å². The van der Waals surface area contributed by atoms with Gasteiger partial charge in [-0.2, -0.15) is 0 Å². The highest BCUT2D eigenvalue weighted by Gasteiger charge is 2.09. The van der Waals surface area contributed by atoms with Gasteiger partial charge in [0.05, 0.1) is 5.69 Å². The van der Waals surface area contributed by atoms with Crippen LogP contribution >= 0.6 is 0 Å². The summed E-state index contributed by atoms with van der Waals surface area (Å²) >= 11 is 0. The summed E-state index contributed by atoms with van der Waals surface area (Å²) in [5, 5.41) is 10.6. The normalized spacial score (nSPS) is 11.1. The van der Waals surface area contributed by atoms with Crippen molar-refractivity contribution in [3.8, 4) is 5.75 Å². The van der Waals surface area contributed by atoms with Crippen molar-refractivity contribution in [3.05, 3.63) is 30.1 Å². The molecule has 72 valence electrons. The van der Waals surface area contributed by atoms with E-state index >= 15 is 0 Å². The Kier molecular flexibility index (Phi) is 2.08. The van der Waals surface area contributed by atoms with Crippen LogP contribution in [0.3, 0.4) is 0 Å². The first-order valence-electron chi connectivity index (χ1n) is 4.63. The van der Waals surface area contributed by atoms with Crippen LogP contribution in [0.15, 0.2) is 24.4 Å². The Morgan fingerprint density at radius 3 is 2.86 bits per heavy atom. The van der Waals surface area contributed by atoms with Crippen LogP contribution in [-0.4, -0.2) is 15.1 Å². The lowest BCUT2D eigenvalue weighted by Gasteiger charge is -2.07. The molecular formula is C11H12N2O. The maximum Gasteiger partial charge on any atom is 0.159 e. The molecule has 0 aromatic carbocycles. The quantitative estimate of drug-likeness (QED) is 0.747. The van der Waals surface area contributed by atoms with E-state index in [4.69, 9.17) is 0 Å². The monoisotopic (exact) mass is 188 g/mol. The summed E-state index contributed by atoms with van der Waals surface area (Å²) in [6.45, 7) is 3.99. The van der Waals surface area contributed by atoms with Gasteiger partial charge in [-0.3, -0.25) is 0 Å². The Bertz CT molecular complexity index is 466. The van der Waals surface area contributed by atoms with Gasteiger partial charge in [0.25, 0.3) is 0 Å². The summed E-state index contributed by atoms with van der Waals surface area (Å²) in [6, 6.07) is 5.43. The largest absolute Gasteiger partial charge is 0.506 e. The van der Waals surface area contributed by atoms with Gasteiger partial charge in [-0.25, -0.2) is 9.97 Å². The molecule has 0 aliphatic heterocycles. The zero-order valence-electron chi connectivity index (χ0n) is 8.23. The van der Waals surface area contributed by atoms with Gasteiger partial charge >= 0.3 is 0 Å². The maximum atomic E-state index is 9.69. The minimum atomic E-state index is 0.210. The van der Waals surface area contributed by atoms with E-state index in [1.54, 1.807) is 12.3 Å². The van der Waals surface area contributed by atoms with Gasteiger partial charge in [-0.1, -0.05) is 13.8 Å². The molecule has 0 bridgehead atoms. The smallest absolute Gasteiger partial charge is 0.159 e. The van der Waals surface area contributed by atoms with E-state index in [2.05, 4.69) is 9.97 Å². The number of nitrogens with zero attached hydrogens (tertiary/aromatic N) is 2. The number of hydrogen-bond acceptors (Lipinski definition) is 3. The van der Waals surface area contributed by atoms with E-state index < -0.39 is 0 Å². The minimum absolute atomic E-state index is 0.210. The fraction of sp³-hybridized carbons (Fsp3) is 0.273. The van der Waals surface area contributed by atoms with Gasteiger partial charge in [-0.15, -0.1) is 0 Å². The highest BCUT2D eigenvalue weighted by molar-refractivity contribution is 5.76. The van der Waals surface area contributed by atoms with E-state index in [-0.39, 0.29) is 11.7 Å². The van der Waals surface area contributed by atoms with E-state index in [1.165, 1.54) is 0 Å². The lowest BCUT2D eigenvalue weighted by molar-refractivity contribution is 0.461. The molecule has 3 heteroatoms. The Balaban J connectivity index is 2.71. The SMILES string of the molecule is CC(C)c1nc2ncccc2cc1O. The van der Waals surface area contributed by atoms with Crippen molar-refractivity contribution < 1.29 is 5.11 Å². The molecule has 0 aliphatic carbocycles. The first kappa shape index (κ1) is 8.94. The molecule has 0 spiro atoms. The minimum Gasteiger partial charge on any atom is -0.506 e. The predicted octanol–water partition coefficient (Wildman–Crippen LogP) is 2.46. The number of hydrogen-bond donors (Lipinski definition) is 1. The van der Waals surface area contributed by atoms with Crippen molar-refractivity contribution in [2.24, 2.45) is 0 Å². The molecule has 2 aromatic heterocycles. The maximum absolute atomic E-state index is 9.69. The standard InChI is InChI=1S/C11H12N2O/c1-7(2)10-9(14)6-8-4-3-5-12-11(8)13-10/h3-7,14H,1-2H3. The van der Waals surface area contributed by atoms with Gasteiger partial charge in [0.15, 0.2) is 5.65 Å². The van der Waals surface area contributed by atoms with Gasteiger partial charge < -0.3 is 5.11 Å².